The van der Waals surface area contributed by atoms with Crippen molar-refractivity contribution < 1.29 is 21.5 Å². The predicted octanol–water partition coefficient (Wildman–Crippen LogP) is -0.791. The number of rotatable bonds is 8. The second-order valence-corrected chi connectivity index (χ2v) is 5.25. The maximum Gasteiger partial charge on any atom is 0.0911 e. The molecule has 0 rings (SSSR count). The van der Waals surface area contributed by atoms with Gasteiger partial charge in [-0.1, -0.05) is 19.8 Å². The van der Waals surface area contributed by atoms with Gasteiger partial charge in [-0.25, -0.2) is 0 Å². The smallest absolute Gasteiger partial charge is 0.0911 e. The second kappa shape index (κ2) is 9.61. The molecule has 0 aromatic rings. The number of hydrogen-bond acceptors (Lipinski definition) is 1. The molecule has 3 heteroatoms. The molecule has 0 fully saturated rings. The molecule has 15 heavy (non-hydrogen) atoms. The van der Waals surface area contributed by atoms with E-state index >= 15 is 0 Å². The van der Waals surface area contributed by atoms with Gasteiger partial charge in [-0.2, -0.15) is 0 Å². The van der Waals surface area contributed by atoms with Crippen molar-refractivity contribution in [2.75, 3.05) is 47.8 Å². The number of nitrogens with zero attached hydrogens (tertiary/aromatic N) is 2. The molecule has 0 saturated carbocycles. The molecule has 0 aliphatic heterocycles. The average Bonchev–Trinajstić information content (AvgIpc) is 2.10. The van der Waals surface area contributed by atoms with E-state index in [-0.39, 0.29) is 17.0 Å². The third-order valence-electron chi connectivity index (χ3n) is 2.77. The van der Waals surface area contributed by atoms with Gasteiger partial charge < -0.3 is 26.4 Å². The Morgan fingerprint density at radius 1 is 0.933 bits per heavy atom. The van der Waals surface area contributed by atoms with E-state index in [1.807, 2.05) is 0 Å². The minimum absolute atomic E-state index is 0. The molecule has 0 aromatic heterocycles. The number of hydrogen-bond donors (Lipinski definition) is 0. The van der Waals surface area contributed by atoms with Gasteiger partial charge in [-0.15, -0.1) is 0 Å². The molecule has 0 amide bonds. The monoisotopic (exact) mass is 280 g/mol. The van der Waals surface area contributed by atoms with Crippen LogP contribution in [0.5, 0.6) is 0 Å². The lowest BCUT2D eigenvalue weighted by molar-refractivity contribution is -0.890. The van der Waals surface area contributed by atoms with E-state index in [0.717, 1.165) is 0 Å². The van der Waals surface area contributed by atoms with Crippen LogP contribution in [-0.4, -0.2) is 57.2 Å². The molecule has 0 aliphatic carbocycles. The first kappa shape index (κ1) is 17.8. The molecular formula is C12H29BrN2. The van der Waals surface area contributed by atoms with E-state index in [2.05, 4.69) is 40.0 Å². The zero-order valence-electron chi connectivity index (χ0n) is 11.2. The lowest BCUT2D eigenvalue weighted by Gasteiger charge is -2.31. The van der Waals surface area contributed by atoms with Gasteiger partial charge in [0.1, 0.15) is 0 Å². The second-order valence-electron chi connectivity index (χ2n) is 5.25. The van der Waals surface area contributed by atoms with Crippen molar-refractivity contribution in [3.8, 4) is 0 Å². The number of quaternary nitrogens is 1. The van der Waals surface area contributed by atoms with E-state index in [1.54, 1.807) is 0 Å². The van der Waals surface area contributed by atoms with Crippen LogP contribution in [0.4, 0.5) is 0 Å². The number of unbranched alkanes of at least 4 members (excludes halogenated alkanes) is 3. The molecule has 0 unspecified atom stereocenters. The summed E-state index contributed by atoms with van der Waals surface area (Å²) in [7, 11) is 8.99. The maximum atomic E-state index is 2.34. The van der Waals surface area contributed by atoms with Crippen LogP contribution in [0.15, 0.2) is 0 Å². The third kappa shape index (κ3) is 12.3. The highest BCUT2D eigenvalue weighted by Gasteiger charge is 2.13. The molecule has 0 aliphatic rings. The van der Waals surface area contributed by atoms with Crippen LogP contribution in [-0.2, 0) is 0 Å². The highest BCUT2D eigenvalue weighted by molar-refractivity contribution is 4.44. The van der Waals surface area contributed by atoms with E-state index in [9.17, 15) is 0 Å². The summed E-state index contributed by atoms with van der Waals surface area (Å²) in [5.41, 5.74) is 0. The first-order valence-electron chi connectivity index (χ1n) is 5.94. The first-order chi connectivity index (χ1) is 6.48. The van der Waals surface area contributed by atoms with Crippen molar-refractivity contribution in [1.82, 2.24) is 4.90 Å². The molecule has 0 saturated heterocycles. The standard InChI is InChI=1S/C12H29N2.BrH/c1-6-7-8-9-11-14(4,5)12-10-13(2)3;/h6-12H2,1-5H3;1H/q+1;/p-1. The Kier molecular flexibility index (Phi) is 11.4. The Balaban J connectivity index is 0. The van der Waals surface area contributed by atoms with Crippen LogP contribution in [0.1, 0.15) is 32.6 Å². The molecule has 0 bridgehead atoms. The van der Waals surface area contributed by atoms with Gasteiger partial charge in [0, 0.05) is 6.54 Å². The molecule has 0 atom stereocenters. The van der Waals surface area contributed by atoms with E-state index in [0.29, 0.717) is 0 Å². The topological polar surface area (TPSA) is 3.24 Å². The molecule has 0 aromatic carbocycles. The Hall–Kier alpha value is 0.400. The summed E-state index contributed by atoms with van der Waals surface area (Å²) in [5, 5.41) is 0. The maximum absolute atomic E-state index is 2.34. The van der Waals surface area contributed by atoms with Gasteiger partial charge in [0.25, 0.3) is 0 Å². The van der Waals surface area contributed by atoms with Gasteiger partial charge in [-0.05, 0) is 26.9 Å². The Morgan fingerprint density at radius 2 is 1.53 bits per heavy atom. The fourth-order valence-corrected chi connectivity index (χ4v) is 1.55. The minimum Gasteiger partial charge on any atom is -1.00 e. The predicted molar refractivity (Wildman–Crippen MR) is 64.5 cm³/mol. The van der Waals surface area contributed by atoms with Gasteiger partial charge in [0.15, 0.2) is 0 Å². The fraction of sp³-hybridized carbons (Fsp3) is 1.00. The Labute approximate surface area is 107 Å². The average molecular weight is 281 g/mol. The van der Waals surface area contributed by atoms with Crippen LogP contribution in [0.3, 0.4) is 0 Å². The lowest BCUT2D eigenvalue weighted by atomic mass is 10.2. The summed E-state index contributed by atoms with van der Waals surface area (Å²) in [6.45, 7) is 6.06. The molecule has 0 heterocycles. The minimum atomic E-state index is 0. The summed E-state index contributed by atoms with van der Waals surface area (Å²) in [5.74, 6) is 0. The SMILES string of the molecule is CCCCCC[N+](C)(C)CCN(C)C.[Br-]. The lowest BCUT2D eigenvalue weighted by Crippen LogP contribution is -3.00. The van der Waals surface area contributed by atoms with Crippen molar-refractivity contribution in [2.24, 2.45) is 0 Å². The zero-order chi connectivity index (χ0) is 11.0. The van der Waals surface area contributed by atoms with E-state index < -0.39 is 0 Å². The summed E-state index contributed by atoms with van der Waals surface area (Å²) in [6, 6.07) is 0. The molecule has 0 radical (unpaired) electrons. The van der Waals surface area contributed by atoms with Gasteiger partial charge >= 0.3 is 0 Å². The van der Waals surface area contributed by atoms with Gasteiger partial charge in [0.2, 0.25) is 0 Å². The van der Waals surface area contributed by atoms with Gasteiger partial charge in [0.05, 0.1) is 27.2 Å². The third-order valence-corrected chi connectivity index (χ3v) is 2.77. The van der Waals surface area contributed by atoms with Gasteiger partial charge in [-0.3, -0.25) is 0 Å². The molecule has 2 nitrogen and oxygen atoms in total. The van der Waals surface area contributed by atoms with Crippen molar-refractivity contribution >= 4 is 0 Å². The Morgan fingerprint density at radius 3 is 2.00 bits per heavy atom. The molecular weight excluding hydrogens is 252 g/mol. The summed E-state index contributed by atoms with van der Waals surface area (Å²) < 4.78 is 1.17. The van der Waals surface area contributed by atoms with Crippen LogP contribution in [0.2, 0.25) is 0 Å². The van der Waals surface area contributed by atoms with E-state index in [4.69, 9.17) is 0 Å². The van der Waals surface area contributed by atoms with Crippen LogP contribution in [0.25, 0.3) is 0 Å². The quantitative estimate of drug-likeness (QED) is 0.416. The zero-order valence-corrected chi connectivity index (χ0v) is 12.8. The van der Waals surface area contributed by atoms with E-state index in [1.165, 1.54) is 49.8 Å². The summed E-state index contributed by atoms with van der Waals surface area (Å²) in [6.07, 6.45) is 5.52. The number of likely N-dealkylation sites (N-methyl/N-ethyl adjacent to an activating group) is 2. The van der Waals surface area contributed by atoms with Crippen molar-refractivity contribution in [3.05, 3.63) is 0 Å². The van der Waals surface area contributed by atoms with Crippen molar-refractivity contribution in [1.29, 1.82) is 0 Å². The first-order valence-corrected chi connectivity index (χ1v) is 5.94. The molecule has 94 valence electrons. The van der Waals surface area contributed by atoms with Crippen molar-refractivity contribution in [2.45, 2.75) is 32.6 Å². The number of halogens is 1. The van der Waals surface area contributed by atoms with Crippen LogP contribution >= 0.6 is 0 Å². The molecule has 0 N–H and O–H groups in total. The summed E-state index contributed by atoms with van der Waals surface area (Å²) >= 11 is 0. The highest BCUT2D eigenvalue weighted by atomic mass is 79.9. The highest BCUT2D eigenvalue weighted by Crippen LogP contribution is 2.05. The van der Waals surface area contributed by atoms with Crippen LogP contribution in [0, 0.1) is 0 Å². The largest absolute Gasteiger partial charge is 1.00 e. The summed E-state index contributed by atoms with van der Waals surface area (Å²) in [4.78, 5) is 2.27. The van der Waals surface area contributed by atoms with Crippen LogP contribution < -0.4 is 17.0 Å². The normalized spacial score (nSPS) is 11.6. The van der Waals surface area contributed by atoms with Crippen molar-refractivity contribution in [3.63, 3.8) is 0 Å². The molecule has 0 spiro atoms. The fourth-order valence-electron chi connectivity index (χ4n) is 1.55. The Bertz CT molecular complexity index is 136.